The van der Waals surface area contributed by atoms with Gasteiger partial charge in [0, 0.05) is 60.3 Å². The number of benzene rings is 3. The third-order valence-electron chi connectivity index (χ3n) is 11.2. The van der Waals surface area contributed by atoms with Crippen molar-refractivity contribution in [2.45, 2.75) is 92.3 Å². The van der Waals surface area contributed by atoms with E-state index in [1.54, 1.807) is 47.6 Å². The molecule has 0 radical (unpaired) electrons. The molecule has 0 saturated heterocycles. The Balaban J connectivity index is 1.45. The number of phenols is 1. The predicted molar refractivity (Wildman–Crippen MR) is 219 cm³/mol. The smallest absolute Gasteiger partial charge is 0.302 e. The lowest BCUT2D eigenvalue weighted by Crippen LogP contribution is -2.46. The number of methoxy groups -OCH3 is 1. The number of hydrogen-bond acceptors (Lipinski definition) is 13. The van der Waals surface area contributed by atoms with Crippen LogP contribution < -0.4 is 15.5 Å². The molecular formula is C44H51FN2O12. The number of carbonyl (C=O) groups excluding carboxylic acids is 3. The van der Waals surface area contributed by atoms with Gasteiger partial charge in [0.15, 0.2) is 27.9 Å². The van der Waals surface area contributed by atoms with Crippen LogP contribution in [0.5, 0.6) is 11.5 Å². The number of aliphatic hydroxyl groups excluding tert-OH is 3. The quantitative estimate of drug-likeness (QED) is 0.0170. The fourth-order valence-electron chi connectivity index (χ4n) is 7.67. The third kappa shape index (κ3) is 8.45. The van der Waals surface area contributed by atoms with Gasteiger partial charge in [-0.2, -0.15) is 0 Å². The van der Waals surface area contributed by atoms with Gasteiger partial charge in [0.2, 0.25) is 5.78 Å². The maximum atomic E-state index is 14.3. The number of rotatable bonds is 14. The van der Waals surface area contributed by atoms with E-state index in [0.717, 1.165) is 18.4 Å². The van der Waals surface area contributed by atoms with E-state index in [4.69, 9.17) is 18.6 Å². The highest BCUT2D eigenvalue weighted by atomic mass is 19.1. The number of Topliss-reactive ketones (excluding diaryl/α,β-unsaturated/α-hetero) is 1. The van der Waals surface area contributed by atoms with Crippen molar-refractivity contribution in [2.24, 2.45) is 23.7 Å². The number of aromatic nitrogens is 1. The molecule has 0 unspecified atom stereocenters. The number of nitrogens with one attached hydrogen (secondary N) is 1. The summed E-state index contributed by atoms with van der Waals surface area (Å²) < 4.78 is 37.3. The highest BCUT2D eigenvalue weighted by Gasteiger charge is 2.44. The lowest BCUT2D eigenvalue weighted by molar-refractivity contribution is -0.160. The molecule has 8 atom stereocenters. The summed E-state index contributed by atoms with van der Waals surface area (Å²) in [6.45, 7) is 14.1. The van der Waals surface area contributed by atoms with Crippen molar-refractivity contribution in [3.63, 3.8) is 0 Å². The first kappa shape index (κ1) is 44.5. The van der Waals surface area contributed by atoms with Crippen molar-refractivity contribution in [1.82, 2.24) is 4.98 Å². The average molecular weight is 819 g/mol. The molecule has 0 aliphatic carbocycles. The van der Waals surface area contributed by atoms with Crippen LogP contribution in [-0.2, 0) is 19.1 Å². The van der Waals surface area contributed by atoms with Crippen LogP contribution in [0.15, 0.2) is 63.6 Å². The topological polar surface area (TPSA) is 215 Å². The molecule has 4 aromatic rings. The van der Waals surface area contributed by atoms with Gasteiger partial charge in [-0.1, -0.05) is 45.9 Å². The molecule has 0 saturated carbocycles. The van der Waals surface area contributed by atoms with Crippen LogP contribution in [0, 0.1) is 36.4 Å². The second-order valence-electron chi connectivity index (χ2n) is 15.8. The zero-order chi connectivity index (χ0) is 43.8. The molecule has 59 heavy (non-hydrogen) atoms. The molecule has 0 bridgehead atoms. The number of nitrogens with zero attached hydrogens (tertiary/aromatic N) is 1. The molecule has 5 rings (SSSR count). The summed E-state index contributed by atoms with van der Waals surface area (Å²) >= 11 is 0. The Morgan fingerprint density at radius 2 is 1.68 bits per heavy atom. The molecule has 2 heterocycles. The van der Waals surface area contributed by atoms with Crippen LogP contribution in [0.4, 0.5) is 10.1 Å². The molecule has 0 spiro atoms. The summed E-state index contributed by atoms with van der Waals surface area (Å²) in [6, 6.07) is 3.59. The molecule has 0 fully saturated rings. The fraction of sp³-hybridized carbons (Fsp3) is 0.432. The fourth-order valence-corrected chi connectivity index (χ4v) is 7.67. The first-order valence-corrected chi connectivity index (χ1v) is 19.2. The van der Waals surface area contributed by atoms with E-state index < -0.39 is 88.3 Å². The van der Waals surface area contributed by atoms with E-state index in [0.29, 0.717) is 0 Å². The Hall–Kier alpha value is -5.64. The largest absolute Gasteiger partial charge is 0.516 e. The van der Waals surface area contributed by atoms with Gasteiger partial charge in [0.25, 0.3) is 5.91 Å². The van der Waals surface area contributed by atoms with Crippen molar-refractivity contribution in [2.75, 3.05) is 12.4 Å². The van der Waals surface area contributed by atoms with Crippen LogP contribution in [0.1, 0.15) is 71.3 Å². The average Bonchev–Trinajstić information content (AvgIpc) is 3.44. The normalized spacial score (nSPS) is 18.4. The Kier molecular flexibility index (Phi) is 13.0. The number of anilines is 1. The SMILES string of the molecule is CO[C@@H](/C=C/O)[C@@H](C)[C@@H](OC(C)=O)[C@H](C)[C@H](O)[C@H](C)[C@@H](O)[C@@H](C)/C=C/C=C(/C)C(=O)Nc1c(O)c2c(=O)c(C)c3c(c2c2nc4ccc(F)cc4oc12)C(=O)C(C)(C)O3. The Bertz CT molecular complexity index is 2470. The van der Waals surface area contributed by atoms with Crippen molar-refractivity contribution in [3.8, 4) is 11.5 Å². The Morgan fingerprint density at radius 1 is 1.00 bits per heavy atom. The highest BCUT2D eigenvalue weighted by Crippen LogP contribution is 2.48. The van der Waals surface area contributed by atoms with Gasteiger partial charge in [-0.25, -0.2) is 9.37 Å². The minimum absolute atomic E-state index is 0.0206. The Morgan fingerprint density at radius 3 is 2.31 bits per heavy atom. The number of esters is 1. The zero-order valence-corrected chi connectivity index (χ0v) is 34.6. The Labute approximate surface area is 340 Å². The number of amides is 1. The van der Waals surface area contributed by atoms with E-state index in [-0.39, 0.29) is 61.1 Å². The van der Waals surface area contributed by atoms with E-state index in [1.165, 1.54) is 52.2 Å². The number of aliphatic hydroxyl groups is 3. The van der Waals surface area contributed by atoms with Crippen LogP contribution in [0.3, 0.4) is 0 Å². The molecular weight excluding hydrogens is 767 g/mol. The first-order valence-electron chi connectivity index (χ1n) is 19.2. The highest BCUT2D eigenvalue weighted by molar-refractivity contribution is 6.26. The summed E-state index contributed by atoms with van der Waals surface area (Å²) in [4.78, 5) is 57.8. The first-order chi connectivity index (χ1) is 27.7. The molecule has 316 valence electrons. The number of ether oxygens (including phenoxy) is 3. The number of carbonyl (C=O) groups is 3. The lowest BCUT2D eigenvalue weighted by atomic mass is 9.78. The molecule has 1 aliphatic heterocycles. The van der Waals surface area contributed by atoms with Gasteiger partial charge in [0.05, 0.1) is 35.5 Å². The standard InChI is InChI=1S/C44H51FN2O12/c1-19(35(50)22(4)36(51)23(5)39(57-25(7)49)21(3)28(56-10)16-17-48)12-11-13-20(2)43(55)47-34-38(53)31-30(32-40(24(6)37(31)52)59-44(8,9)42(32)54)33-41(34)58-29-18-26(45)14-15-27(29)46-33/h11-19,21-23,28,35-36,39,48,50-51,53H,1-10H3,(H,47,55)/b12-11+,17-16+,20-13-/t19-,21+,22+,23+,28-,35-,36+,39+/m0/s1. The number of aromatic hydroxyl groups is 1. The minimum atomic E-state index is -1.33. The summed E-state index contributed by atoms with van der Waals surface area (Å²) in [7, 11) is 1.44. The maximum absolute atomic E-state index is 14.3. The van der Waals surface area contributed by atoms with E-state index in [2.05, 4.69) is 10.3 Å². The zero-order valence-electron chi connectivity index (χ0n) is 34.6. The molecule has 1 amide bonds. The summed E-state index contributed by atoms with van der Waals surface area (Å²) in [5.74, 6) is -5.43. The second kappa shape index (κ2) is 17.3. The summed E-state index contributed by atoms with van der Waals surface area (Å²) in [5.41, 5.74) is -2.24. The van der Waals surface area contributed by atoms with Crippen LogP contribution >= 0.6 is 0 Å². The maximum Gasteiger partial charge on any atom is 0.302 e. The lowest BCUT2D eigenvalue weighted by Gasteiger charge is -2.37. The number of allylic oxidation sites excluding steroid dienone is 2. The van der Waals surface area contributed by atoms with Gasteiger partial charge >= 0.3 is 5.97 Å². The summed E-state index contributed by atoms with van der Waals surface area (Å²) in [6.07, 6.45) is 3.17. The van der Waals surface area contributed by atoms with Crippen LogP contribution in [-0.4, -0.2) is 80.2 Å². The second-order valence-corrected chi connectivity index (χ2v) is 15.8. The van der Waals surface area contributed by atoms with Crippen LogP contribution in [0.2, 0.25) is 0 Å². The van der Waals surface area contributed by atoms with Crippen molar-refractivity contribution in [1.29, 1.82) is 0 Å². The van der Waals surface area contributed by atoms with E-state index >= 15 is 0 Å². The molecule has 3 aromatic carbocycles. The van der Waals surface area contributed by atoms with Crippen molar-refractivity contribution < 1.29 is 57.8 Å². The molecule has 1 aliphatic rings. The van der Waals surface area contributed by atoms with Crippen molar-refractivity contribution in [3.05, 3.63) is 81.5 Å². The van der Waals surface area contributed by atoms with Gasteiger partial charge in [-0.05, 0) is 45.9 Å². The molecule has 15 heteroatoms. The number of hydrogen-bond donors (Lipinski definition) is 5. The predicted octanol–water partition coefficient (Wildman–Crippen LogP) is 6.73. The number of fused-ring (bicyclic) bond motifs is 6. The molecule has 1 aromatic heterocycles. The van der Waals surface area contributed by atoms with Gasteiger partial charge in [-0.15, -0.1) is 0 Å². The third-order valence-corrected chi connectivity index (χ3v) is 11.2. The van der Waals surface area contributed by atoms with Gasteiger partial charge in [-0.3, -0.25) is 19.2 Å². The van der Waals surface area contributed by atoms with Gasteiger partial charge in [0.1, 0.15) is 34.4 Å². The van der Waals surface area contributed by atoms with Crippen molar-refractivity contribution >= 4 is 56.3 Å². The monoisotopic (exact) mass is 818 g/mol. The van der Waals surface area contributed by atoms with Crippen LogP contribution in [0.25, 0.3) is 33.0 Å². The number of halogens is 1. The van der Waals surface area contributed by atoms with E-state index in [1.807, 2.05) is 0 Å². The number of ketones is 1. The number of phenolic OH excluding ortho intramolecular Hbond substituents is 1. The molecule has 14 nitrogen and oxygen atoms in total. The minimum Gasteiger partial charge on any atom is -0.516 e. The molecule has 5 N–H and O–H groups in total. The summed E-state index contributed by atoms with van der Waals surface area (Å²) in [5, 5.41) is 45.9. The van der Waals surface area contributed by atoms with Gasteiger partial charge < -0.3 is 44.4 Å². The van der Waals surface area contributed by atoms with E-state index in [9.17, 15) is 44.0 Å².